The predicted molar refractivity (Wildman–Crippen MR) is 114 cm³/mol. The van der Waals surface area contributed by atoms with E-state index in [1.54, 1.807) is 0 Å². The molecule has 2 N–H and O–H groups in total. The molecule has 5 rings (SSSR count). The summed E-state index contributed by atoms with van der Waals surface area (Å²) in [5.41, 5.74) is 4.57. The molecule has 4 aromatic rings. The van der Waals surface area contributed by atoms with Crippen LogP contribution in [0.15, 0.2) is 83.3 Å². The van der Waals surface area contributed by atoms with Gasteiger partial charge in [0.15, 0.2) is 0 Å². The van der Waals surface area contributed by atoms with E-state index in [0.717, 1.165) is 58.2 Å². The van der Waals surface area contributed by atoms with Gasteiger partial charge in [-0.15, -0.1) is 0 Å². The lowest BCUT2D eigenvalue weighted by Gasteiger charge is -2.42. The molecule has 0 unspecified atom stereocenters. The Labute approximate surface area is 168 Å². The molecule has 0 bridgehead atoms. The van der Waals surface area contributed by atoms with Crippen molar-refractivity contribution in [2.45, 2.75) is 24.8 Å². The van der Waals surface area contributed by atoms with Gasteiger partial charge in [0, 0.05) is 16.5 Å². The van der Waals surface area contributed by atoms with E-state index >= 15 is 0 Å². The van der Waals surface area contributed by atoms with Crippen LogP contribution in [0.2, 0.25) is 0 Å². The van der Waals surface area contributed by atoms with E-state index in [-0.39, 0.29) is 0 Å². The van der Waals surface area contributed by atoms with Gasteiger partial charge < -0.3 is 14.8 Å². The van der Waals surface area contributed by atoms with Gasteiger partial charge in [0.05, 0.1) is 5.54 Å². The zero-order valence-corrected chi connectivity index (χ0v) is 15.9. The number of rotatable bonds is 4. The molecule has 1 aromatic heterocycles. The molecule has 0 spiro atoms. The van der Waals surface area contributed by atoms with E-state index in [1.807, 2.05) is 60.7 Å². The summed E-state index contributed by atoms with van der Waals surface area (Å²) in [6.07, 6.45) is 1.72. The van der Waals surface area contributed by atoms with Crippen molar-refractivity contribution >= 4 is 17.1 Å². The van der Waals surface area contributed by atoms with Crippen LogP contribution >= 0.6 is 0 Å². The van der Waals surface area contributed by atoms with Gasteiger partial charge >= 0.3 is 6.09 Å². The number of furan rings is 1. The molecule has 4 nitrogen and oxygen atoms in total. The van der Waals surface area contributed by atoms with Crippen LogP contribution in [0.5, 0.6) is 0 Å². The molecule has 0 radical (unpaired) electrons. The summed E-state index contributed by atoms with van der Waals surface area (Å²) in [5, 5.41) is 13.0. The third-order valence-corrected chi connectivity index (χ3v) is 5.91. The van der Waals surface area contributed by atoms with Gasteiger partial charge in [-0.3, -0.25) is 0 Å². The SMILES string of the molecule is O=C(O)NC1(c2ccc(-c3oc4ccccc4c3-c3ccccc3)cc2)CCC1. The molecule has 0 atom stereocenters. The fourth-order valence-corrected chi connectivity index (χ4v) is 4.30. The monoisotopic (exact) mass is 383 g/mol. The van der Waals surface area contributed by atoms with Crippen molar-refractivity contribution in [3.8, 4) is 22.5 Å². The quantitative estimate of drug-likeness (QED) is 0.428. The maximum Gasteiger partial charge on any atom is 0.405 e. The second-order valence-electron chi connectivity index (χ2n) is 7.61. The van der Waals surface area contributed by atoms with Crippen LogP contribution in [0, 0.1) is 0 Å². The highest BCUT2D eigenvalue weighted by Crippen LogP contribution is 2.44. The molecule has 1 heterocycles. The van der Waals surface area contributed by atoms with Crippen molar-refractivity contribution in [3.63, 3.8) is 0 Å². The number of benzene rings is 3. The third-order valence-electron chi connectivity index (χ3n) is 5.91. The topological polar surface area (TPSA) is 62.5 Å². The molecule has 1 fully saturated rings. The second-order valence-corrected chi connectivity index (χ2v) is 7.61. The molecule has 0 aliphatic heterocycles. The predicted octanol–water partition coefficient (Wildman–Crippen LogP) is 6.41. The molecule has 1 aliphatic carbocycles. The molecule has 0 saturated heterocycles. The van der Waals surface area contributed by atoms with Crippen molar-refractivity contribution < 1.29 is 14.3 Å². The second kappa shape index (κ2) is 6.82. The first-order valence-electron chi connectivity index (χ1n) is 9.85. The molecule has 1 saturated carbocycles. The largest absolute Gasteiger partial charge is 0.465 e. The Kier molecular flexibility index (Phi) is 4.13. The average molecular weight is 383 g/mol. The summed E-state index contributed by atoms with van der Waals surface area (Å²) in [5.74, 6) is 0.831. The van der Waals surface area contributed by atoms with E-state index in [0.29, 0.717) is 0 Å². The van der Waals surface area contributed by atoms with Gasteiger partial charge in [-0.25, -0.2) is 4.79 Å². The number of amides is 1. The van der Waals surface area contributed by atoms with Crippen LogP contribution in [0.25, 0.3) is 33.4 Å². The van der Waals surface area contributed by atoms with E-state index in [4.69, 9.17) is 4.42 Å². The van der Waals surface area contributed by atoms with Gasteiger partial charge in [0.1, 0.15) is 11.3 Å². The summed E-state index contributed by atoms with van der Waals surface area (Å²) < 4.78 is 6.26. The Hall–Kier alpha value is -3.53. The Morgan fingerprint density at radius 2 is 1.55 bits per heavy atom. The van der Waals surface area contributed by atoms with Crippen LogP contribution in [-0.4, -0.2) is 11.2 Å². The van der Waals surface area contributed by atoms with Gasteiger partial charge in [-0.05, 0) is 36.5 Å². The molecular formula is C25H21NO3. The molecule has 3 aromatic carbocycles. The Balaban J connectivity index is 1.61. The molecule has 29 heavy (non-hydrogen) atoms. The van der Waals surface area contributed by atoms with Crippen molar-refractivity contribution in [2.75, 3.05) is 0 Å². The van der Waals surface area contributed by atoms with Crippen LogP contribution in [0.1, 0.15) is 24.8 Å². The number of carbonyl (C=O) groups is 1. The van der Waals surface area contributed by atoms with Crippen molar-refractivity contribution in [3.05, 3.63) is 84.4 Å². The lowest BCUT2D eigenvalue weighted by molar-refractivity contribution is 0.144. The number of fused-ring (bicyclic) bond motifs is 1. The van der Waals surface area contributed by atoms with E-state index in [1.165, 1.54) is 0 Å². The first-order chi connectivity index (χ1) is 14.2. The Bertz CT molecular complexity index is 1170. The zero-order valence-electron chi connectivity index (χ0n) is 15.9. The van der Waals surface area contributed by atoms with Crippen LogP contribution in [0.4, 0.5) is 4.79 Å². The van der Waals surface area contributed by atoms with Gasteiger partial charge in [0.25, 0.3) is 0 Å². The molecular weight excluding hydrogens is 362 g/mol. The number of para-hydroxylation sites is 1. The summed E-state index contributed by atoms with van der Waals surface area (Å²) in [7, 11) is 0. The van der Waals surface area contributed by atoms with Crippen LogP contribution < -0.4 is 5.32 Å². The van der Waals surface area contributed by atoms with Gasteiger partial charge in [-0.2, -0.15) is 0 Å². The number of hydrogen-bond acceptors (Lipinski definition) is 2. The minimum absolute atomic E-state index is 0.458. The summed E-state index contributed by atoms with van der Waals surface area (Å²) >= 11 is 0. The van der Waals surface area contributed by atoms with Crippen molar-refractivity contribution in [2.24, 2.45) is 0 Å². The summed E-state index contributed by atoms with van der Waals surface area (Å²) in [4.78, 5) is 11.2. The van der Waals surface area contributed by atoms with Crippen LogP contribution in [0.3, 0.4) is 0 Å². The smallest absolute Gasteiger partial charge is 0.405 e. The van der Waals surface area contributed by atoms with E-state index in [2.05, 4.69) is 23.5 Å². The molecule has 144 valence electrons. The fourth-order valence-electron chi connectivity index (χ4n) is 4.30. The highest BCUT2D eigenvalue weighted by Gasteiger charge is 2.40. The number of nitrogens with one attached hydrogen (secondary N) is 1. The maximum atomic E-state index is 11.2. The number of hydrogen-bond donors (Lipinski definition) is 2. The third kappa shape index (κ3) is 2.97. The first kappa shape index (κ1) is 17.6. The van der Waals surface area contributed by atoms with Crippen molar-refractivity contribution in [1.82, 2.24) is 5.32 Å². The highest BCUT2D eigenvalue weighted by molar-refractivity contribution is 6.01. The maximum absolute atomic E-state index is 11.2. The van der Waals surface area contributed by atoms with Gasteiger partial charge in [0.2, 0.25) is 0 Å². The molecule has 4 heteroatoms. The normalized spacial score (nSPS) is 15.0. The number of carboxylic acid groups (broad SMARTS) is 1. The van der Waals surface area contributed by atoms with E-state index in [9.17, 15) is 9.90 Å². The first-order valence-corrected chi connectivity index (χ1v) is 9.85. The fraction of sp³-hybridized carbons (Fsp3) is 0.160. The summed E-state index contributed by atoms with van der Waals surface area (Å²) in [6, 6.07) is 26.4. The lowest BCUT2D eigenvalue weighted by atomic mass is 9.72. The van der Waals surface area contributed by atoms with Gasteiger partial charge in [-0.1, -0.05) is 72.8 Å². The van der Waals surface area contributed by atoms with Crippen LogP contribution in [-0.2, 0) is 5.54 Å². The molecule has 1 amide bonds. The lowest BCUT2D eigenvalue weighted by Crippen LogP contribution is -2.50. The standard InChI is InChI=1S/C25H21NO3/c27-24(28)26-25(15-6-16-25)19-13-11-18(12-14-19)23-22(17-7-2-1-3-8-17)20-9-4-5-10-21(20)29-23/h1-5,7-14,26H,6,15-16H2,(H,27,28). The average Bonchev–Trinajstić information content (AvgIpc) is 3.11. The highest BCUT2D eigenvalue weighted by atomic mass is 16.4. The molecule has 1 aliphatic rings. The van der Waals surface area contributed by atoms with Crippen molar-refractivity contribution in [1.29, 1.82) is 0 Å². The Morgan fingerprint density at radius 1 is 0.862 bits per heavy atom. The zero-order chi connectivity index (χ0) is 19.8. The minimum Gasteiger partial charge on any atom is -0.465 e. The summed E-state index contributed by atoms with van der Waals surface area (Å²) in [6.45, 7) is 0. The van der Waals surface area contributed by atoms with E-state index < -0.39 is 11.6 Å². The minimum atomic E-state index is -0.975. The Morgan fingerprint density at radius 3 is 2.21 bits per heavy atom.